The van der Waals surface area contributed by atoms with Gasteiger partial charge < -0.3 is 29.6 Å². The molecule has 0 spiro atoms. The Hall–Kier alpha value is -4.88. The average Bonchev–Trinajstić information content (AvgIpc) is 3.69. The van der Waals surface area contributed by atoms with Crippen molar-refractivity contribution in [3.05, 3.63) is 72.6 Å². The van der Waals surface area contributed by atoms with Gasteiger partial charge in [0, 0.05) is 31.4 Å². The Balaban J connectivity index is 1.20. The minimum absolute atomic E-state index is 0.00982. The van der Waals surface area contributed by atoms with Crippen LogP contribution in [0.2, 0.25) is 0 Å². The first-order valence-electron chi connectivity index (χ1n) is 15.7. The molecule has 2 heterocycles. The maximum absolute atomic E-state index is 15.4. The van der Waals surface area contributed by atoms with Crippen molar-refractivity contribution < 1.29 is 37.3 Å². The number of amides is 2. The number of carbonyl (C=O) groups excluding carboxylic acids is 2. The van der Waals surface area contributed by atoms with Gasteiger partial charge in [-0.15, -0.1) is 0 Å². The van der Waals surface area contributed by atoms with E-state index in [2.05, 4.69) is 25.5 Å². The fourth-order valence-electron chi connectivity index (χ4n) is 5.99. The Labute approximate surface area is 276 Å². The number of nitrogens with zero attached hydrogens (tertiary/aromatic N) is 3. The van der Waals surface area contributed by atoms with Crippen molar-refractivity contribution in [3.63, 3.8) is 0 Å². The van der Waals surface area contributed by atoms with Crippen LogP contribution in [0.1, 0.15) is 26.7 Å². The van der Waals surface area contributed by atoms with Crippen molar-refractivity contribution in [1.29, 1.82) is 0 Å². The molecule has 1 saturated carbocycles. The standard InChI is InChI=1S/C35H37F2N5O6/c1-34(2)20-35(34,32(43)40-23-10-8-22(36)9-11-23)33(44)41-26-7-4-6-25(37)30(26)48-31-24-18-28(45-3)29(19-27(24)38-21-39-31)47-15-5-12-42-13-16-46-17-14-42/h4,6-11,18-19,21H,5,12-17,20H2,1-3H3,(H,40,43)(H,41,44). The predicted octanol–water partition coefficient (Wildman–Crippen LogP) is 5.80. The number of methoxy groups -OCH3 is 1. The number of nitrogens with one attached hydrogen (secondary N) is 2. The molecule has 1 saturated heterocycles. The summed E-state index contributed by atoms with van der Waals surface area (Å²) in [5, 5.41) is 5.85. The minimum atomic E-state index is -1.46. The quantitative estimate of drug-likeness (QED) is 0.143. The van der Waals surface area contributed by atoms with Crippen molar-refractivity contribution in [2.75, 3.05) is 57.2 Å². The van der Waals surface area contributed by atoms with Crippen LogP contribution in [-0.4, -0.2) is 73.2 Å². The van der Waals surface area contributed by atoms with Crippen LogP contribution in [0, 0.1) is 22.5 Å². The van der Waals surface area contributed by atoms with E-state index in [1.807, 2.05) is 0 Å². The number of ether oxygens (including phenoxy) is 4. The second kappa shape index (κ2) is 13.7. The third kappa shape index (κ3) is 6.74. The first-order chi connectivity index (χ1) is 23.1. The van der Waals surface area contributed by atoms with Crippen molar-refractivity contribution in [2.45, 2.75) is 26.7 Å². The highest BCUT2D eigenvalue weighted by Crippen LogP contribution is 2.64. The van der Waals surface area contributed by atoms with Gasteiger partial charge in [-0.3, -0.25) is 14.5 Å². The van der Waals surface area contributed by atoms with Gasteiger partial charge in [0.1, 0.15) is 17.6 Å². The molecule has 1 atom stereocenters. The van der Waals surface area contributed by atoms with Gasteiger partial charge in [-0.2, -0.15) is 0 Å². The molecule has 13 heteroatoms. The van der Waals surface area contributed by atoms with E-state index >= 15 is 4.39 Å². The molecular weight excluding hydrogens is 624 g/mol. The molecule has 11 nitrogen and oxygen atoms in total. The van der Waals surface area contributed by atoms with Gasteiger partial charge in [0.15, 0.2) is 23.1 Å². The zero-order chi connectivity index (χ0) is 33.9. The van der Waals surface area contributed by atoms with E-state index in [9.17, 15) is 14.0 Å². The number of benzene rings is 3. The summed E-state index contributed by atoms with van der Waals surface area (Å²) in [4.78, 5) is 38.1. The van der Waals surface area contributed by atoms with Crippen LogP contribution in [0.4, 0.5) is 20.2 Å². The van der Waals surface area contributed by atoms with Crippen molar-refractivity contribution in [3.8, 4) is 23.1 Å². The van der Waals surface area contributed by atoms with Crippen molar-refractivity contribution in [2.24, 2.45) is 10.8 Å². The smallest absolute Gasteiger partial charge is 0.240 e. The lowest BCUT2D eigenvalue weighted by atomic mass is 9.93. The lowest BCUT2D eigenvalue weighted by Crippen LogP contribution is -2.39. The highest BCUT2D eigenvalue weighted by atomic mass is 19.1. The summed E-state index contributed by atoms with van der Waals surface area (Å²) in [7, 11) is 1.51. The molecule has 3 aromatic carbocycles. The Morgan fingerprint density at radius 2 is 1.71 bits per heavy atom. The number of para-hydroxylation sites is 1. The lowest BCUT2D eigenvalue weighted by molar-refractivity contribution is -0.132. The maximum Gasteiger partial charge on any atom is 0.240 e. The van der Waals surface area contributed by atoms with Crippen LogP contribution < -0.4 is 24.8 Å². The van der Waals surface area contributed by atoms with Crippen LogP contribution in [0.5, 0.6) is 23.1 Å². The SMILES string of the molecule is COc1cc2c(Oc3c(F)cccc3NC(=O)C3(C(=O)Nc4ccc(F)cc4)CC3(C)C)ncnc2cc1OCCCN1CCOCC1. The summed E-state index contributed by atoms with van der Waals surface area (Å²) in [5.74, 6) is -1.76. The van der Waals surface area contributed by atoms with E-state index in [1.54, 1.807) is 26.0 Å². The summed E-state index contributed by atoms with van der Waals surface area (Å²) >= 11 is 0. The summed E-state index contributed by atoms with van der Waals surface area (Å²) in [6, 6.07) is 12.7. The van der Waals surface area contributed by atoms with Gasteiger partial charge in [0.05, 0.1) is 43.5 Å². The summed E-state index contributed by atoms with van der Waals surface area (Å²) < 4.78 is 51.8. The molecule has 6 rings (SSSR count). The Morgan fingerprint density at radius 1 is 0.979 bits per heavy atom. The van der Waals surface area contributed by atoms with Crippen LogP contribution in [0.25, 0.3) is 10.9 Å². The number of anilines is 2. The molecule has 48 heavy (non-hydrogen) atoms. The minimum Gasteiger partial charge on any atom is -0.493 e. The number of hydrogen-bond donors (Lipinski definition) is 2. The monoisotopic (exact) mass is 661 g/mol. The number of fused-ring (bicyclic) bond motifs is 1. The third-order valence-electron chi connectivity index (χ3n) is 8.89. The van der Waals surface area contributed by atoms with Crippen LogP contribution >= 0.6 is 0 Å². The van der Waals surface area contributed by atoms with Gasteiger partial charge in [0.25, 0.3) is 0 Å². The highest BCUT2D eigenvalue weighted by Gasteiger charge is 2.71. The number of hydrogen-bond acceptors (Lipinski definition) is 9. The summed E-state index contributed by atoms with van der Waals surface area (Å²) in [5.41, 5.74) is -1.33. The normalized spacial score (nSPS) is 18.6. The van der Waals surface area contributed by atoms with Crippen LogP contribution in [0.15, 0.2) is 60.9 Å². The number of morpholine rings is 1. The lowest BCUT2D eigenvalue weighted by Gasteiger charge is -2.26. The number of rotatable bonds is 12. The molecule has 252 valence electrons. The molecule has 0 bridgehead atoms. The van der Waals surface area contributed by atoms with Crippen LogP contribution in [-0.2, 0) is 14.3 Å². The first-order valence-corrected chi connectivity index (χ1v) is 15.7. The molecule has 1 aliphatic carbocycles. The predicted molar refractivity (Wildman–Crippen MR) is 174 cm³/mol. The fourth-order valence-corrected chi connectivity index (χ4v) is 5.99. The molecule has 1 unspecified atom stereocenters. The first kappa shape index (κ1) is 33.0. The Bertz CT molecular complexity index is 1820. The van der Waals surface area contributed by atoms with Gasteiger partial charge in [0.2, 0.25) is 17.7 Å². The molecule has 1 aliphatic heterocycles. The molecule has 2 amide bonds. The molecule has 2 fully saturated rings. The number of carbonyl (C=O) groups is 2. The summed E-state index contributed by atoms with van der Waals surface area (Å²) in [6.07, 6.45) is 2.35. The van der Waals surface area contributed by atoms with E-state index in [-0.39, 0.29) is 23.7 Å². The Kier molecular flexibility index (Phi) is 9.42. The van der Waals surface area contributed by atoms with E-state index in [0.29, 0.717) is 34.7 Å². The third-order valence-corrected chi connectivity index (χ3v) is 8.89. The van der Waals surface area contributed by atoms with E-state index in [4.69, 9.17) is 18.9 Å². The fraction of sp³-hybridized carbons (Fsp3) is 0.371. The molecular formula is C35H37F2N5O6. The second-order valence-corrected chi connectivity index (χ2v) is 12.5. The molecule has 0 radical (unpaired) electrons. The second-order valence-electron chi connectivity index (χ2n) is 12.5. The molecule has 2 N–H and O–H groups in total. The number of aromatic nitrogens is 2. The maximum atomic E-state index is 15.4. The topological polar surface area (TPSA) is 124 Å². The average molecular weight is 662 g/mol. The van der Waals surface area contributed by atoms with Gasteiger partial charge in [-0.25, -0.2) is 18.7 Å². The van der Waals surface area contributed by atoms with E-state index < -0.39 is 34.3 Å². The highest BCUT2D eigenvalue weighted by molar-refractivity contribution is 6.18. The zero-order valence-corrected chi connectivity index (χ0v) is 27.0. The molecule has 4 aromatic rings. The van der Waals surface area contributed by atoms with Crippen molar-refractivity contribution >= 4 is 34.1 Å². The largest absolute Gasteiger partial charge is 0.493 e. The van der Waals surface area contributed by atoms with Gasteiger partial charge >= 0.3 is 0 Å². The van der Waals surface area contributed by atoms with E-state index in [1.165, 1.54) is 55.9 Å². The Morgan fingerprint density at radius 3 is 2.42 bits per heavy atom. The van der Waals surface area contributed by atoms with Crippen molar-refractivity contribution in [1.82, 2.24) is 14.9 Å². The van der Waals surface area contributed by atoms with Crippen LogP contribution in [0.3, 0.4) is 0 Å². The molecule has 1 aromatic heterocycles. The van der Waals surface area contributed by atoms with Gasteiger partial charge in [-0.05, 0) is 60.7 Å². The summed E-state index contributed by atoms with van der Waals surface area (Å²) in [6.45, 7) is 8.21. The number of halogens is 2. The van der Waals surface area contributed by atoms with Gasteiger partial charge in [-0.1, -0.05) is 19.9 Å². The van der Waals surface area contributed by atoms with E-state index in [0.717, 1.165) is 39.3 Å². The molecule has 2 aliphatic rings. The zero-order valence-electron chi connectivity index (χ0n) is 27.0.